The second kappa shape index (κ2) is 5.77. The Morgan fingerprint density at radius 1 is 1.61 bits per heavy atom. The van der Waals surface area contributed by atoms with E-state index in [1.165, 1.54) is 0 Å². The summed E-state index contributed by atoms with van der Waals surface area (Å²) in [5.41, 5.74) is -0.224. The Hall–Kier alpha value is -0.980. The summed E-state index contributed by atoms with van der Waals surface area (Å²) < 4.78 is 5.56. The largest absolute Gasteiger partial charge is 0.382 e. The molecule has 1 unspecified atom stereocenters. The summed E-state index contributed by atoms with van der Waals surface area (Å²) in [6, 6.07) is 0. The number of ether oxygens (including phenoxy) is 1. The molecule has 18 heavy (non-hydrogen) atoms. The lowest BCUT2D eigenvalue weighted by atomic mass is 10.0. The highest BCUT2D eigenvalue weighted by atomic mass is 16.5. The highest BCUT2D eigenvalue weighted by Gasteiger charge is 2.39. The Bertz CT molecular complexity index is 355. The molecule has 1 aliphatic heterocycles. The number of aromatic nitrogens is 3. The molecule has 0 bridgehead atoms. The summed E-state index contributed by atoms with van der Waals surface area (Å²) in [4.78, 5) is 2.20. The van der Waals surface area contributed by atoms with E-state index in [9.17, 15) is 5.11 Å². The lowest BCUT2D eigenvalue weighted by molar-refractivity contribution is 0.0349. The molecule has 1 saturated heterocycles. The molecule has 0 amide bonds. The van der Waals surface area contributed by atoms with E-state index in [0.717, 1.165) is 19.7 Å². The van der Waals surface area contributed by atoms with Crippen molar-refractivity contribution in [1.82, 2.24) is 20.3 Å². The molecule has 0 aromatic carbocycles. The van der Waals surface area contributed by atoms with Crippen LogP contribution in [0.3, 0.4) is 0 Å². The van der Waals surface area contributed by atoms with Gasteiger partial charge in [-0.2, -0.15) is 15.4 Å². The minimum absolute atomic E-state index is 0.565. The van der Waals surface area contributed by atoms with Crippen LogP contribution in [0.4, 0.5) is 0 Å². The number of H-pyrrole nitrogens is 1. The van der Waals surface area contributed by atoms with E-state index in [1.807, 2.05) is 0 Å². The lowest BCUT2D eigenvalue weighted by Gasteiger charge is -2.21. The first kappa shape index (κ1) is 13.5. The van der Waals surface area contributed by atoms with E-state index in [-0.39, 0.29) is 0 Å². The van der Waals surface area contributed by atoms with Gasteiger partial charge in [-0.3, -0.25) is 4.90 Å². The number of nitrogens with zero attached hydrogens (tertiary/aromatic N) is 3. The predicted molar refractivity (Wildman–Crippen MR) is 67.0 cm³/mol. The average Bonchev–Trinajstić information content (AvgIpc) is 2.94. The number of nitrogens with one attached hydrogen (secondary N) is 1. The summed E-state index contributed by atoms with van der Waals surface area (Å²) in [5, 5.41) is 20.7. The number of β-amino-alcohol motifs (C(OH)–C–C–N with tert-alkyl or cyclic N) is 1. The number of hydrogen-bond donors (Lipinski definition) is 2. The van der Waals surface area contributed by atoms with E-state index >= 15 is 0 Å². The molecule has 6 nitrogen and oxygen atoms in total. The normalized spacial score (nSPS) is 25.1. The summed E-state index contributed by atoms with van der Waals surface area (Å²) >= 11 is 0. The van der Waals surface area contributed by atoms with Crippen LogP contribution in [0.5, 0.6) is 0 Å². The topological polar surface area (TPSA) is 74.3 Å². The van der Waals surface area contributed by atoms with Gasteiger partial charge in [0.1, 0.15) is 11.3 Å². The maximum absolute atomic E-state index is 10.5. The molecular formula is C12H22N4O2. The highest BCUT2D eigenvalue weighted by Crippen LogP contribution is 2.29. The van der Waals surface area contributed by atoms with Crippen molar-refractivity contribution in [3.63, 3.8) is 0 Å². The Labute approximate surface area is 107 Å². The number of aliphatic hydroxyl groups is 1. The van der Waals surface area contributed by atoms with Crippen LogP contribution in [0.2, 0.25) is 0 Å². The van der Waals surface area contributed by atoms with Gasteiger partial charge in [-0.1, -0.05) is 13.8 Å². The van der Waals surface area contributed by atoms with Crippen molar-refractivity contribution >= 4 is 0 Å². The van der Waals surface area contributed by atoms with Crippen molar-refractivity contribution in [2.45, 2.75) is 25.9 Å². The quantitative estimate of drug-likeness (QED) is 0.718. The third kappa shape index (κ3) is 3.28. The van der Waals surface area contributed by atoms with Crippen molar-refractivity contribution in [3.05, 3.63) is 11.9 Å². The van der Waals surface area contributed by atoms with Crippen LogP contribution in [0, 0.1) is 5.92 Å². The van der Waals surface area contributed by atoms with Crippen molar-refractivity contribution in [3.8, 4) is 0 Å². The van der Waals surface area contributed by atoms with Crippen LogP contribution in [0.1, 0.15) is 26.0 Å². The minimum Gasteiger partial charge on any atom is -0.382 e. The predicted octanol–water partition coefficient (Wildman–Crippen LogP) is 0.371. The van der Waals surface area contributed by atoms with Gasteiger partial charge in [0.2, 0.25) is 0 Å². The summed E-state index contributed by atoms with van der Waals surface area (Å²) in [7, 11) is 0. The Morgan fingerprint density at radius 3 is 3.11 bits per heavy atom. The maximum Gasteiger partial charge on any atom is 0.124 e. The van der Waals surface area contributed by atoms with Gasteiger partial charge in [0, 0.05) is 26.2 Å². The standard InChI is InChI=1S/C12H22N4O2/c1-10(2)8-18-6-5-16-4-3-12(17,9-16)11-7-13-15-14-11/h7,10,17H,3-6,8-9H2,1-2H3,(H,13,14,15). The first-order valence-electron chi connectivity index (χ1n) is 6.49. The van der Waals surface area contributed by atoms with Gasteiger partial charge in [-0.05, 0) is 12.3 Å². The third-order valence-corrected chi connectivity index (χ3v) is 3.22. The Morgan fingerprint density at radius 2 is 2.44 bits per heavy atom. The highest BCUT2D eigenvalue weighted by molar-refractivity contribution is 5.10. The Balaban J connectivity index is 1.75. The fourth-order valence-corrected chi connectivity index (χ4v) is 2.21. The molecule has 1 atom stereocenters. The monoisotopic (exact) mass is 254 g/mol. The van der Waals surface area contributed by atoms with Gasteiger partial charge in [0.25, 0.3) is 0 Å². The number of likely N-dealkylation sites (tertiary alicyclic amines) is 1. The second-order valence-corrected chi connectivity index (χ2v) is 5.38. The fraction of sp³-hybridized carbons (Fsp3) is 0.833. The molecule has 102 valence electrons. The van der Waals surface area contributed by atoms with E-state index in [1.54, 1.807) is 6.20 Å². The number of hydrogen-bond acceptors (Lipinski definition) is 5. The molecule has 0 saturated carbocycles. The first-order valence-corrected chi connectivity index (χ1v) is 6.49. The molecule has 1 aromatic heterocycles. The minimum atomic E-state index is -0.856. The van der Waals surface area contributed by atoms with Gasteiger partial charge in [-0.25, -0.2) is 0 Å². The first-order chi connectivity index (χ1) is 8.60. The van der Waals surface area contributed by atoms with E-state index in [4.69, 9.17) is 4.74 Å². The zero-order valence-corrected chi connectivity index (χ0v) is 11.1. The molecule has 1 aliphatic rings. The van der Waals surface area contributed by atoms with Gasteiger partial charge >= 0.3 is 0 Å². The SMILES string of the molecule is CC(C)COCCN1CCC(O)(c2cn[nH]n2)C1. The molecule has 0 aliphatic carbocycles. The number of aromatic amines is 1. The molecule has 6 heteroatoms. The maximum atomic E-state index is 10.5. The number of rotatable bonds is 6. The third-order valence-electron chi connectivity index (χ3n) is 3.22. The molecule has 1 aromatic rings. The molecule has 2 N–H and O–H groups in total. The van der Waals surface area contributed by atoms with Crippen molar-refractivity contribution < 1.29 is 9.84 Å². The molecule has 0 radical (unpaired) electrons. The van der Waals surface area contributed by atoms with Gasteiger partial charge in [0.15, 0.2) is 0 Å². The molecular weight excluding hydrogens is 232 g/mol. The average molecular weight is 254 g/mol. The molecule has 1 fully saturated rings. The second-order valence-electron chi connectivity index (χ2n) is 5.38. The smallest absolute Gasteiger partial charge is 0.124 e. The molecule has 2 heterocycles. The van der Waals surface area contributed by atoms with Crippen LogP contribution in [-0.4, -0.2) is 58.3 Å². The summed E-state index contributed by atoms with van der Waals surface area (Å²) in [5.74, 6) is 0.565. The zero-order chi connectivity index (χ0) is 13.0. The van der Waals surface area contributed by atoms with Crippen LogP contribution in [0.15, 0.2) is 6.20 Å². The zero-order valence-electron chi connectivity index (χ0n) is 11.1. The fourth-order valence-electron chi connectivity index (χ4n) is 2.21. The van der Waals surface area contributed by atoms with Gasteiger partial charge in [0.05, 0.1) is 12.8 Å². The van der Waals surface area contributed by atoms with Gasteiger partial charge < -0.3 is 9.84 Å². The summed E-state index contributed by atoms with van der Waals surface area (Å²) in [6.45, 7) is 8.11. The molecule has 0 spiro atoms. The van der Waals surface area contributed by atoms with Crippen molar-refractivity contribution in [2.75, 3.05) is 32.8 Å². The molecule has 2 rings (SSSR count). The van der Waals surface area contributed by atoms with Crippen LogP contribution < -0.4 is 0 Å². The van der Waals surface area contributed by atoms with Crippen molar-refractivity contribution in [2.24, 2.45) is 5.92 Å². The van der Waals surface area contributed by atoms with Crippen LogP contribution in [0.25, 0.3) is 0 Å². The lowest BCUT2D eigenvalue weighted by Crippen LogP contribution is -2.33. The Kier molecular flexibility index (Phi) is 4.31. The van der Waals surface area contributed by atoms with Gasteiger partial charge in [-0.15, -0.1) is 0 Å². The van der Waals surface area contributed by atoms with E-state index in [0.29, 0.717) is 31.2 Å². The van der Waals surface area contributed by atoms with E-state index in [2.05, 4.69) is 34.2 Å². The van der Waals surface area contributed by atoms with Crippen LogP contribution in [-0.2, 0) is 10.3 Å². The van der Waals surface area contributed by atoms with Crippen molar-refractivity contribution in [1.29, 1.82) is 0 Å². The van der Waals surface area contributed by atoms with Crippen LogP contribution >= 0.6 is 0 Å². The van der Waals surface area contributed by atoms with E-state index < -0.39 is 5.60 Å². The summed E-state index contributed by atoms with van der Waals surface area (Å²) in [6.07, 6.45) is 2.29.